The van der Waals surface area contributed by atoms with E-state index >= 15 is 0 Å². The summed E-state index contributed by atoms with van der Waals surface area (Å²) in [5.41, 5.74) is 0.634. The number of carbonyl (C=O) groups excluding carboxylic acids is 1. The van der Waals surface area contributed by atoms with Crippen molar-refractivity contribution in [2.24, 2.45) is 0 Å². The third-order valence-corrected chi connectivity index (χ3v) is 3.13. The molecule has 0 spiro atoms. The average Bonchev–Trinajstić information content (AvgIpc) is 2.81. The zero-order valence-electron chi connectivity index (χ0n) is 10.4. The van der Waals surface area contributed by atoms with Gasteiger partial charge in [-0.3, -0.25) is 4.79 Å². The minimum Gasteiger partial charge on any atom is -0.494 e. The number of benzene rings is 1. The predicted molar refractivity (Wildman–Crippen MR) is 69.0 cm³/mol. The van der Waals surface area contributed by atoms with Gasteiger partial charge in [-0.1, -0.05) is 12.1 Å². The SMILES string of the molecule is O=Cc1cccc(OCCCN2CC[C@@H](O)C2)c1. The molecule has 1 aliphatic rings. The monoisotopic (exact) mass is 249 g/mol. The molecule has 1 aliphatic heterocycles. The van der Waals surface area contributed by atoms with E-state index in [-0.39, 0.29) is 6.10 Å². The Kier molecular flexibility index (Phi) is 4.73. The van der Waals surface area contributed by atoms with E-state index in [1.54, 1.807) is 12.1 Å². The Balaban J connectivity index is 1.67. The van der Waals surface area contributed by atoms with Crippen LogP contribution in [0.2, 0.25) is 0 Å². The minimum atomic E-state index is -0.157. The number of carbonyl (C=O) groups is 1. The van der Waals surface area contributed by atoms with Crippen LogP contribution in [0.4, 0.5) is 0 Å². The summed E-state index contributed by atoms with van der Waals surface area (Å²) < 4.78 is 5.59. The van der Waals surface area contributed by atoms with Gasteiger partial charge >= 0.3 is 0 Å². The molecule has 1 aromatic carbocycles. The number of β-amino-alcohol motifs (C(OH)–C–C–N with tert-alkyl or cyclic N) is 1. The van der Waals surface area contributed by atoms with Crippen molar-refractivity contribution in [3.05, 3.63) is 29.8 Å². The number of likely N-dealkylation sites (tertiary alicyclic amines) is 1. The molecule has 0 unspecified atom stereocenters. The molecule has 2 rings (SSSR count). The molecule has 0 aromatic heterocycles. The van der Waals surface area contributed by atoms with E-state index in [1.165, 1.54) is 0 Å². The van der Waals surface area contributed by atoms with Gasteiger partial charge in [-0.15, -0.1) is 0 Å². The van der Waals surface area contributed by atoms with Crippen LogP contribution in [-0.2, 0) is 0 Å². The summed E-state index contributed by atoms with van der Waals surface area (Å²) in [4.78, 5) is 12.9. The second-order valence-electron chi connectivity index (χ2n) is 4.64. The van der Waals surface area contributed by atoms with Crippen LogP contribution in [0, 0.1) is 0 Å². The Bertz CT molecular complexity index is 394. The maximum Gasteiger partial charge on any atom is 0.150 e. The van der Waals surface area contributed by atoms with E-state index in [0.29, 0.717) is 12.2 Å². The fourth-order valence-electron chi connectivity index (χ4n) is 2.17. The molecule has 1 saturated heterocycles. The van der Waals surface area contributed by atoms with Crippen LogP contribution in [0.1, 0.15) is 23.2 Å². The Hall–Kier alpha value is -1.39. The Labute approximate surface area is 107 Å². The molecule has 0 amide bonds. The molecule has 4 nitrogen and oxygen atoms in total. The predicted octanol–water partition coefficient (Wildman–Crippen LogP) is 1.33. The van der Waals surface area contributed by atoms with Gasteiger partial charge in [-0.25, -0.2) is 0 Å². The second-order valence-corrected chi connectivity index (χ2v) is 4.64. The molecule has 0 bridgehead atoms. The van der Waals surface area contributed by atoms with E-state index in [0.717, 1.165) is 44.5 Å². The summed E-state index contributed by atoms with van der Waals surface area (Å²) in [7, 11) is 0. The highest BCUT2D eigenvalue weighted by Gasteiger charge is 2.19. The summed E-state index contributed by atoms with van der Waals surface area (Å²) in [5.74, 6) is 0.737. The van der Waals surface area contributed by atoms with Crippen molar-refractivity contribution >= 4 is 6.29 Å². The Morgan fingerprint density at radius 1 is 1.50 bits per heavy atom. The van der Waals surface area contributed by atoms with Gasteiger partial charge in [-0.2, -0.15) is 0 Å². The van der Waals surface area contributed by atoms with Crippen molar-refractivity contribution in [1.29, 1.82) is 0 Å². The van der Waals surface area contributed by atoms with Crippen molar-refractivity contribution in [3.63, 3.8) is 0 Å². The van der Waals surface area contributed by atoms with Crippen molar-refractivity contribution in [2.45, 2.75) is 18.9 Å². The molecule has 1 heterocycles. The fraction of sp³-hybridized carbons (Fsp3) is 0.500. The molecule has 0 saturated carbocycles. The number of rotatable bonds is 6. The first-order valence-electron chi connectivity index (χ1n) is 6.36. The van der Waals surface area contributed by atoms with Gasteiger partial charge in [0.15, 0.2) is 0 Å². The van der Waals surface area contributed by atoms with E-state index in [2.05, 4.69) is 4.90 Å². The first-order chi connectivity index (χ1) is 8.78. The van der Waals surface area contributed by atoms with Gasteiger partial charge in [0, 0.05) is 25.2 Å². The lowest BCUT2D eigenvalue weighted by atomic mass is 10.2. The Morgan fingerprint density at radius 3 is 3.11 bits per heavy atom. The van der Waals surface area contributed by atoms with Gasteiger partial charge in [0.25, 0.3) is 0 Å². The molecular weight excluding hydrogens is 230 g/mol. The van der Waals surface area contributed by atoms with Crippen molar-refractivity contribution in [1.82, 2.24) is 4.90 Å². The highest BCUT2D eigenvalue weighted by atomic mass is 16.5. The number of nitrogens with zero attached hydrogens (tertiary/aromatic N) is 1. The van der Waals surface area contributed by atoms with Crippen LogP contribution in [0.15, 0.2) is 24.3 Å². The highest BCUT2D eigenvalue weighted by molar-refractivity contribution is 5.75. The van der Waals surface area contributed by atoms with Crippen LogP contribution >= 0.6 is 0 Å². The Morgan fingerprint density at radius 2 is 2.39 bits per heavy atom. The zero-order valence-corrected chi connectivity index (χ0v) is 10.4. The van der Waals surface area contributed by atoms with Gasteiger partial charge < -0.3 is 14.7 Å². The molecule has 1 N–H and O–H groups in total. The molecule has 18 heavy (non-hydrogen) atoms. The molecule has 98 valence electrons. The van der Waals surface area contributed by atoms with Crippen molar-refractivity contribution < 1.29 is 14.6 Å². The first-order valence-corrected chi connectivity index (χ1v) is 6.36. The van der Waals surface area contributed by atoms with Crippen LogP contribution in [0.25, 0.3) is 0 Å². The van der Waals surface area contributed by atoms with E-state index < -0.39 is 0 Å². The zero-order chi connectivity index (χ0) is 12.8. The lowest BCUT2D eigenvalue weighted by Gasteiger charge is -2.14. The number of aldehydes is 1. The van der Waals surface area contributed by atoms with E-state index in [4.69, 9.17) is 4.74 Å². The average molecular weight is 249 g/mol. The molecule has 1 fully saturated rings. The molecule has 1 atom stereocenters. The lowest BCUT2D eigenvalue weighted by molar-refractivity contribution is 0.112. The van der Waals surface area contributed by atoms with Gasteiger partial charge in [0.1, 0.15) is 12.0 Å². The summed E-state index contributed by atoms with van der Waals surface area (Å²) in [5, 5.41) is 9.39. The van der Waals surface area contributed by atoms with Crippen LogP contribution < -0.4 is 4.74 Å². The summed E-state index contributed by atoms with van der Waals surface area (Å²) in [6, 6.07) is 7.17. The number of hydrogen-bond donors (Lipinski definition) is 1. The summed E-state index contributed by atoms with van der Waals surface area (Å²) >= 11 is 0. The van der Waals surface area contributed by atoms with Crippen LogP contribution in [0.5, 0.6) is 5.75 Å². The van der Waals surface area contributed by atoms with E-state index in [9.17, 15) is 9.90 Å². The van der Waals surface area contributed by atoms with E-state index in [1.807, 2.05) is 12.1 Å². The van der Waals surface area contributed by atoms with Crippen molar-refractivity contribution in [2.75, 3.05) is 26.2 Å². The first kappa shape index (κ1) is 13.1. The third-order valence-electron chi connectivity index (χ3n) is 3.13. The van der Waals surface area contributed by atoms with Gasteiger partial charge in [0.2, 0.25) is 0 Å². The molecule has 1 aromatic rings. The summed E-state index contributed by atoms with van der Waals surface area (Å²) in [6.07, 6.45) is 2.47. The van der Waals surface area contributed by atoms with Crippen LogP contribution in [0.3, 0.4) is 0 Å². The fourth-order valence-corrected chi connectivity index (χ4v) is 2.17. The molecular formula is C14H19NO3. The quantitative estimate of drug-likeness (QED) is 0.610. The second kappa shape index (κ2) is 6.52. The molecule has 0 aliphatic carbocycles. The maximum absolute atomic E-state index is 10.6. The number of hydrogen-bond acceptors (Lipinski definition) is 4. The smallest absolute Gasteiger partial charge is 0.150 e. The van der Waals surface area contributed by atoms with Crippen LogP contribution in [-0.4, -0.2) is 48.6 Å². The molecule has 4 heteroatoms. The summed E-state index contributed by atoms with van der Waals surface area (Å²) in [6.45, 7) is 3.34. The normalized spacial score (nSPS) is 19.9. The topological polar surface area (TPSA) is 49.8 Å². The number of ether oxygens (including phenoxy) is 1. The highest BCUT2D eigenvalue weighted by Crippen LogP contribution is 2.13. The minimum absolute atomic E-state index is 0.157. The molecule has 0 radical (unpaired) electrons. The largest absolute Gasteiger partial charge is 0.494 e. The maximum atomic E-state index is 10.6. The lowest BCUT2D eigenvalue weighted by Crippen LogP contribution is -2.24. The van der Waals surface area contributed by atoms with Gasteiger partial charge in [-0.05, 0) is 25.0 Å². The third kappa shape index (κ3) is 3.82. The van der Waals surface area contributed by atoms with Crippen molar-refractivity contribution in [3.8, 4) is 5.75 Å². The van der Waals surface area contributed by atoms with Gasteiger partial charge in [0.05, 0.1) is 12.7 Å². The standard InChI is InChI=1S/C14H19NO3/c16-11-12-3-1-4-14(9-12)18-8-2-6-15-7-5-13(17)10-15/h1,3-4,9,11,13,17H,2,5-8,10H2/t13-/m1/s1. The number of aliphatic hydroxyl groups excluding tert-OH is 1. The number of aliphatic hydroxyl groups is 1.